The van der Waals surface area contributed by atoms with E-state index in [4.69, 9.17) is 0 Å². The molecule has 0 aliphatic carbocycles. The molecule has 0 bridgehead atoms. The number of benzene rings is 1. The Kier molecular flexibility index (Phi) is 1.47. The molecule has 12 heavy (non-hydrogen) atoms. The minimum Gasteiger partial charge on any atom is -0.278 e. The summed E-state index contributed by atoms with van der Waals surface area (Å²) in [6.45, 7) is 5.89. The molecule has 60 valence electrons. The third kappa shape index (κ3) is 1.01. The van der Waals surface area contributed by atoms with Gasteiger partial charge < -0.3 is 0 Å². The van der Waals surface area contributed by atoms with E-state index < -0.39 is 0 Å². The van der Waals surface area contributed by atoms with Crippen LogP contribution in [0.2, 0.25) is 0 Å². The zero-order valence-electron chi connectivity index (χ0n) is 6.96. The van der Waals surface area contributed by atoms with Crippen molar-refractivity contribution in [2.75, 3.05) is 0 Å². The molecule has 0 atom stereocenters. The van der Waals surface area contributed by atoms with Gasteiger partial charge in [0.2, 0.25) is 0 Å². The summed E-state index contributed by atoms with van der Waals surface area (Å²) in [5.74, 6) is 0. The first-order valence-corrected chi connectivity index (χ1v) is 3.86. The summed E-state index contributed by atoms with van der Waals surface area (Å²) < 4.78 is 0. The van der Waals surface area contributed by atoms with Gasteiger partial charge in [-0.15, -0.1) is 0 Å². The molecule has 1 heterocycles. The molecule has 0 fully saturated rings. The Morgan fingerprint density at radius 3 is 3.08 bits per heavy atom. The van der Waals surface area contributed by atoms with E-state index in [1.54, 1.807) is 0 Å². The van der Waals surface area contributed by atoms with Crippen molar-refractivity contribution in [3.63, 3.8) is 0 Å². The fraction of sp³-hybridized carbons (Fsp3) is 0.100. The van der Waals surface area contributed by atoms with Gasteiger partial charge in [0.05, 0.1) is 11.7 Å². The van der Waals surface area contributed by atoms with Gasteiger partial charge in [0, 0.05) is 5.39 Å². The van der Waals surface area contributed by atoms with Crippen LogP contribution >= 0.6 is 0 Å². The number of allylic oxidation sites excluding steroid dienone is 1. The summed E-state index contributed by atoms with van der Waals surface area (Å²) in [6, 6.07) is 6.15. The van der Waals surface area contributed by atoms with Crippen LogP contribution in [-0.2, 0) is 0 Å². The van der Waals surface area contributed by atoms with Gasteiger partial charge in [0.25, 0.3) is 0 Å². The lowest BCUT2D eigenvalue weighted by Crippen LogP contribution is -1.76. The van der Waals surface area contributed by atoms with Crippen LogP contribution in [0.3, 0.4) is 0 Å². The number of H-pyrrole nitrogens is 1. The normalized spacial score (nSPS) is 10.4. The molecule has 1 aromatic carbocycles. The van der Waals surface area contributed by atoms with Crippen molar-refractivity contribution in [3.05, 3.63) is 36.5 Å². The summed E-state index contributed by atoms with van der Waals surface area (Å²) >= 11 is 0. The minimum atomic E-state index is 1.07. The van der Waals surface area contributed by atoms with Gasteiger partial charge in [0.1, 0.15) is 0 Å². The Bertz CT molecular complexity index is 426. The molecule has 0 saturated carbocycles. The fourth-order valence-corrected chi connectivity index (χ4v) is 1.21. The molecule has 0 aliphatic rings. The molecule has 0 unspecified atom stereocenters. The van der Waals surface area contributed by atoms with Gasteiger partial charge in [0.15, 0.2) is 0 Å². The lowest BCUT2D eigenvalue weighted by Gasteiger charge is -1.97. The molecule has 0 amide bonds. The minimum absolute atomic E-state index is 1.07. The molecule has 0 saturated heterocycles. The summed E-state index contributed by atoms with van der Waals surface area (Å²) in [5.41, 5.74) is 3.32. The molecule has 2 heteroatoms. The Morgan fingerprint density at radius 2 is 2.33 bits per heavy atom. The first-order chi connectivity index (χ1) is 5.77. The number of rotatable bonds is 1. The van der Waals surface area contributed by atoms with E-state index in [9.17, 15) is 0 Å². The van der Waals surface area contributed by atoms with Crippen LogP contribution in [-0.4, -0.2) is 10.2 Å². The van der Waals surface area contributed by atoms with E-state index in [2.05, 4.69) is 22.8 Å². The number of aromatic amines is 1. The number of hydrogen-bond donors (Lipinski definition) is 1. The maximum atomic E-state index is 3.95. The second-order valence-corrected chi connectivity index (χ2v) is 2.95. The maximum absolute atomic E-state index is 3.95. The highest BCUT2D eigenvalue weighted by molar-refractivity contribution is 5.82. The predicted molar refractivity (Wildman–Crippen MR) is 50.8 cm³/mol. The van der Waals surface area contributed by atoms with Crippen molar-refractivity contribution in [2.45, 2.75) is 6.92 Å². The molecule has 2 aromatic rings. The van der Waals surface area contributed by atoms with Crippen LogP contribution in [0.1, 0.15) is 12.5 Å². The van der Waals surface area contributed by atoms with Crippen LogP contribution in [0.25, 0.3) is 16.5 Å². The molecular weight excluding hydrogens is 148 g/mol. The number of nitrogens with one attached hydrogen (secondary N) is 1. The highest BCUT2D eigenvalue weighted by Crippen LogP contribution is 2.17. The standard InChI is InChI=1S/C10H10N2/c1-7(2)8-3-4-10-9(5-8)6-11-12-10/h3-6H,1H2,2H3,(H,11,12). The number of hydrogen-bond acceptors (Lipinski definition) is 1. The van der Waals surface area contributed by atoms with Gasteiger partial charge in [-0.1, -0.05) is 18.2 Å². The molecule has 2 rings (SSSR count). The van der Waals surface area contributed by atoms with Crippen molar-refractivity contribution >= 4 is 16.5 Å². The van der Waals surface area contributed by atoms with Crippen molar-refractivity contribution in [3.8, 4) is 0 Å². The van der Waals surface area contributed by atoms with Crippen LogP contribution in [0.5, 0.6) is 0 Å². The molecule has 1 N–H and O–H groups in total. The van der Waals surface area contributed by atoms with Crippen molar-refractivity contribution in [1.29, 1.82) is 0 Å². The quantitative estimate of drug-likeness (QED) is 0.679. The zero-order chi connectivity index (χ0) is 8.55. The third-order valence-electron chi connectivity index (χ3n) is 1.93. The molecule has 1 aromatic heterocycles. The Hall–Kier alpha value is -1.57. The van der Waals surface area contributed by atoms with E-state index >= 15 is 0 Å². The SMILES string of the molecule is C=C(C)c1ccc2[nH]ncc2c1. The molecular formula is C10H10N2. The highest BCUT2D eigenvalue weighted by Gasteiger charge is 1.97. The van der Waals surface area contributed by atoms with Gasteiger partial charge in [-0.2, -0.15) is 5.10 Å². The zero-order valence-corrected chi connectivity index (χ0v) is 6.96. The second-order valence-electron chi connectivity index (χ2n) is 2.95. The smallest absolute Gasteiger partial charge is 0.0650 e. The number of aromatic nitrogens is 2. The Labute approximate surface area is 70.9 Å². The summed E-state index contributed by atoms with van der Waals surface area (Å²) in [7, 11) is 0. The first kappa shape index (κ1) is 7.10. The second kappa shape index (κ2) is 2.48. The van der Waals surface area contributed by atoms with E-state index in [0.717, 1.165) is 16.5 Å². The van der Waals surface area contributed by atoms with Crippen LogP contribution in [0.15, 0.2) is 31.0 Å². The topological polar surface area (TPSA) is 28.7 Å². The molecule has 0 spiro atoms. The van der Waals surface area contributed by atoms with Gasteiger partial charge >= 0.3 is 0 Å². The van der Waals surface area contributed by atoms with Crippen LogP contribution in [0.4, 0.5) is 0 Å². The highest BCUT2D eigenvalue weighted by atomic mass is 15.1. The van der Waals surface area contributed by atoms with Gasteiger partial charge in [-0.05, 0) is 24.6 Å². The van der Waals surface area contributed by atoms with Crippen LogP contribution in [0, 0.1) is 0 Å². The first-order valence-electron chi connectivity index (χ1n) is 3.86. The van der Waals surface area contributed by atoms with Crippen LogP contribution < -0.4 is 0 Å². The Morgan fingerprint density at radius 1 is 1.50 bits per heavy atom. The maximum Gasteiger partial charge on any atom is 0.0650 e. The predicted octanol–water partition coefficient (Wildman–Crippen LogP) is 2.60. The lowest BCUT2D eigenvalue weighted by molar-refractivity contribution is 1.12. The summed E-state index contributed by atoms with van der Waals surface area (Å²) in [5, 5.41) is 7.99. The molecule has 2 nitrogen and oxygen atoms in total. The third-order valence-corrected chi connectivity index (χ3v) is 1.93. The van der Waals surface area contributed by atoms with Crippen molar-refractivity contribution < 1.29 is 0 Å². The van der Waals surface area contributed by atoms with E-state index in [1.807, 2.05) is 25.3 Å². The monoisotopic (exact) mass is 158 g/mol. The van der Waals surface area contributed by atoms with Gasteiger partial charge in [-0.25, -0.2) is 0 Å². The average Bonchev–Trinajstić information content (AvgIpc) is 2.49. The van der Waals surface area contributed by atoms with Crippen molar-refractivity contribution in [2.24, 2.45) is 0 Å². The summed E-state index contributed by atoms with van der Waals surface area (Å²) in [6.07, 6.45) is 1.82. The lowest BCUT2D eigenvalue weighted by atomic mass is 10.1. The Balaban J connectivity index is 2.68. The van der Waals surface area contributed by atoms with Crippen molar-refractivity contribution in [1.82, 2.24) is 10.2 Å². The molecule has 0 aliphatic heterocycles. The number of nitrogens with zero attached hydrogens (tertiary/aromatic N) is 1. The summed E-state index contributed by atoms with van der Waals surface area (Å²) in [4.78, 5) is 0. The average molecular weight is 158 g/mol. The number of fused-ring (bicyclic) bond motifs is 1. The largest absolute Gasteiger partial charge is 0.278 e. The fourth-order valence-electron chi connectivity index (χ4n) is 1.21. The van der Waals surface area contributed by atoms with E-state index in [0.29, 0.717) is 0 Å². The molecule has 0 radical (unpaired) electrons. The van der Waals surface area contributed by atoms with E-state index in [1.165, 1.54) is 5.56 Å². The van der Waals surface area contributed by atoms with Gasteiger partial charge in [-0.3, -0.25) is 5.10 Å². The van der Waals surface area contributed by atoms with E-state index in [-0.39, 0.29) is 0 Å².